The van der Waals surface area contributed by atoms with Gasteiger partial charge in [-0.1, -0.05) is 67.5 Å². The Morgan fingerprint density at radius 1 is 0.882 bits per heavy atom. The largest absolute Gasteiger partial charge is 0.375 e. The lowest BCUT2D eigenvalue weighted by Gasteiger charge is -2.50. The van der Waals surface area contributed by atoms with E-state index in [0.29, 0.717) is 12.5 Å². The van der Waals surface area contributed by atoms with Crippen LogP contribution in [-0.4, -0.2) is 40.1 Å². The fraction of sp³-hybridized carbons (Fsp3) is 0.517. The summed E-state index contributed by atoms with van der Waals surface area (Å²) in [5.74, 6) is -0.941. The highest BCUT2D eigenvalue weighted by Gasteiger charge is 2.42. The molecule has 34 heavy (non-hydrogen) atoms. The van der Waals surface area contributed by atoms with Gasteiger partial charge < -0.3 is 19.1 Å². The molecule has 0 radical (unpaired) electrons. The average Bonchev–Trinajstić information content (AvgIpc) is 3.21. The maximum Gasteiger partial charge on any atom is 0.156 e. The van der Waals surface area contributed by atoms with E-state index in [9.17, 15) is 0 Å². The van der Waals surface area contributed by atoms with Crippen LogP contribution in [0.4, 0.5) is 0 Å². The smallest absolute Gasteiger partial charge is 0.156 e. The lowest BCUT2D eigenvalue weighted by molar-refractivity contribution is -0.127. The van der Waals surface area contributed by atoms with Gasteiger partial charge in [0, 0.05) is 21.1 Å². The fourth-order valence-electron chi connectivity index (χ4n) is 3.52. The maximum absolute atomic E-state index is 8.08. The monoisotopic (exact) mass is 490 g/mol. The molecule has 2 aromatic rings. The molecule has 192 valence electrons. The fourth-order valence-corrected chi connectivity index (χ4v) is 7.25. The van der Waals surface area contributed by atoms with E-state index in [-0.39, 0.29) is 10.9 Å². The number of hydrogen-bond acceptors (Lipinski definition) is 4. The van der Waals surface area contributed by atoms with E-state index < -0.39 is 16.1 Å². The Labute approximate surface area is 210 Å². The van der Waals surface area contributed by atoms with Crippen LogP contribution in [0.2, 0.25) is 0 Å². The molecule has 4 nitrogen and oxygen atoms in total. The average molecular weight is 491 g/mol. The first kappa shape index (κ1) is 32.2. The van der Waals surface area contributed by atoms with Crippen LogP contribution < -0.4 is 0 Å². The van der Waals surface area contributed by atoms with Gasteiger partial charge in [0.2, 0.25) is 0 Å². The van der Waals surface area contributed by atoms with E-state index in [2.05, 4.69) is 101 Å². The third-order valence-electron chi connectivity index (χ3n) is 4.96. The summed E-state index contributed by atoms with van der Waals surface area (Å²) >= 11 is 0. The van der Waals surface area contributed by atoms with E-state index in [1.165, 1.54) is 23.6 Å². The van der Waals surface area contributed by atoms with Crippen molar-refractivity contribution >= 4 is 10.3 Å². The van der Waals surface area contributed by atoms with Crippen LogP contribution in [0.15, 0.2) is 70.5 Å². The van der Waals surface area contributed by atoms with Gasteiger partial charge in [-0.25, -0.2) is 0 Å². The highest BCUT2D eigenvalue weighted by Crippen LogP contribution is 2.71. The highest BCUT2D eigenvalue weighted by molar-refractivity contribution is 8.31. The van der Waals surface area contributed by atoms with Crippen LogP contribution in [0.1, 0.15) is 61.8 Å². The molecule has 1 saturated heterocycles. The summed E-state index contributed by atoms with van der Waals surface area (Å²) in [6, 6.07) is 21.5. The number of benzene rings is 2. The van der Waals surface area contributed by atoms with Gasteiger partial charge in [0.05, 0.1) is 12.7 Å². The van der Waals surface area contributed by atoms with Crippen LogP contribution in [-0.2, 0) is 8.92 Å². The van der Waals surface area contributed by atoms with Gasteiger partial charge >= 0.3 is 0 Å². The van der Waals surface area contributed by atoms with Gasteiger partial charge in [-0.05, 0) is 71.2 Å². The predicted octanol–water partition coefficient (Wildman–Crippen LogP) is 7.05. The molecule has 0 aliphatic carbocycles. The second-order valence-corrected chi connectivity index (χ2v) is 12.8. The minimum atomic E-state index is -1.66. The summed E-state index contributed by atoms with van der Waals surface area (Å²) in [6.45, 7) is 17.2. The summed E-state index contributed by atoms with van der Waals surface area (Å²) in [5.41, 5.74) is 0. The van der Waals surface area contributed by atoms with Crippen LogP contribution >= 0.6 is 10.3 Å². The van der Waals surface area contributed by atoms with Crippen LogP contribution in [0, 0.1) is 18.8 Å². The summed E-state index contributed by atoms with van der Waals surface area (Å²) in [5, 5.41) is 16.2. The highest BCUT2D eigenvalue weighted by atomic mass is 32.3. The van der Waals surface area contributed by atoms with Crippen molar-refractivity contribution in [1.29, 1.82) is 0 Å². The summed E-state index contributed by atoms with van der Waals surface area (Å²) in [6.07, 6.45) is 9.32. The van der Waals surface area contributed by atoms with Crippen LogP contribution in [0.25, 0.3) is 0 Å². The van der Waals surface area contributed by atoms with Crippen LogP contribution in [0.5, 0.6) is 0 Å². The molecule has 0 aromatic heterocycles. The Balaban J connectivity index is 0.00000106. The molecule has 1 aliphatic rings. The number of ether oxygens (including phenoxy) is 1. The molecule has 0 spiro atoms. The lowest BCUT2D eigenvalue weighted by atomic mass is 10.1. The zero-order chi connectivity index (χ0) is 26.4. The Morgan fingerprint density at radius 2 is 1.26 bits per heavy atom. The first-order chi connectivity index (χ1) is 15.9. The molecule has 0 saturated carbocycles. The van der Waals surface area contributed by atoms with Gasteiger partial charge in [-0.3, -0.25) is 0 Å². The van der Waals surface area contributed by atoms with E-state index in [1.807, 2.05) is 13.8 Å². The summed E-state index contributed by atoms with van der Waals surface area (Å²) in [4.78, 5) is 2.55. The molecule has 0 bridgehead atoms. The zero-order valence-electron chi connectivity index (χ0n) is 22.3. The van der Waals surface area contributed by atoms with E-state index in [0.717, 1.165) is 13.0 Å². The Bertz CT molecular complexity index is 746. The standard InChI is InChI=1S/C22H30O2S.C3H8O2.C2H6.C2H2/c1-18-15-16-23-21(18)17-24-25(22(2,3)4,19-11-7-5-8-12-19)20-13-9-6-10-14-20;1-3(2,4)5;2*1-2/h5-14,18,21H,15-17H2,1-4H3;4-5H,1-2H3;1-2H3;1-2H/t18-,21?;;;/m0.../s1. The van der Waals surface area contributed by atoms with E-state index in [1.54, 1.807) is 0 Å². The van der Waals surface area contributed by atoms with Crippen molar-refractivity contribution < 1.29 is 19.1 Å². The molecular weight excluding hydrogens is 444 g/mol. The van der Waals surface area contributed by atoms with E-state index in [4.69, 9.17) is 19.1 Å². The van der Waals surface area contributed by atoms with Crippen molar-refractivity contribution in [3.05, 3.63) is 60.7 Å². The van der Waals surface area contributed by atoms with Gasteiger partial charge in [0.1, 0.15) is 0 Å². The number of hydrogen-bond donors (Lipinski definition) is 2. The van der Waals surface area contributed by atoms with Crippen molar-refractivity contribution in [3.63, 3.8) is 0 Å². The number of terminal acetylenes is 1. The van der Waals surface area contributed by atoms with Gasteiger partial charge in [0.15, 0.2) is 5.79 Å². The predicted molar refractivity (Wildman–Crippen MR) is 146 cm³/mol. The molecule has 1 aliphatic heterocycles. The molecule has 1 fully saturated rings. The third kappa shape index (κ3) is 9.82. The molecule has 1 unspecified atom stereocenters. The zero-order valence-corrected chi connectivity index (χ0v) is 23.1. The van der Waals surface area contributed by atoms with Crippen molar-refractivity contribution in [2.24, 2.45) is 5.92 Å². The molecular formula is C29H46O4S. The molecule has 0 amide bonds. The Hall–Kier alpha value is -1.81. The van der Waals surface area contributed by atoms with Gasteiger partial charge in [-0.15, -0.1) is 12.8 Å². The van der Waals surface area contributed by atoms with Crippen molar-refractivity contribution in [3.8, 4) is 12.8 Å². The number of aliphatic hydroxyl groups is 2. The van der Waals surface area contributed by atoms with Crippen molar-refractivity contribution in [1.82, 2.24) is 0 Å². The topological polar surface area (TPSA) is 58.9 Å². The molecule has 3 rings (SSSR count). The molecule has 1 heterocycles. The minimum absolute atomic E-state index is 0.0302. The third-order valence-corrected chi connectivity index (χ3v) is 9.05. The normalized spacial score (nSPS) is 18.2. The van der Waals surface area contributed by atoms with Crippen molar-refractivity contribution in [2.75, 3.05) is 13.2 Å². The molecule has 2 atom stereocenters. The van der Waals surface area contributed by atoms with E-state index >= 15 is 0 Å². The lowest BCUT2D eigenvalue weighted by Crippen LogP contribution is -2.31. The summed E-state index contributed by atoms with van der Waals surface area (Å²) < 4.78 is 12.8. The van der Waals surface area contributed by atoms with Gasteiger partial charge in [0.25, 0.3) is 0 Å². The van der Waals surface area contributed by atoms with Gasteiger partial charge in [-0.2, -0.15) is 0 Å². The number of rotatable bonds is 5. The molecule has 2 aromatic carbocycles. The molecule has 5 heteroatoms. The van der Waals surface area contributed by atoms with Crippen molar-refractivity contribution in [2.45, 2.75) is 88.2 Å². The summed E-state index contributed by atoms with van der Waals surface area (Å²) in [7, 11) is -1.66. The first-order valence-corrected chi connectivity index (χ1v) is 13.5. The SMILES string of the molecule is C#C.CC.CC(C)(O)O.C[C@H]1CCOC1COS(c1ccccc1)(c1ccccc1)C(C)(C)C. The first-order valence-electron chi connectivity index (χ1n) is 11.9. The quantitative estimate of drug-likeness (QED) is 0.348. The minimum Gasteiger partial charge on any atom is -0.375 e. The second kappa shape index (κ2) is 15.2. The molecule has 2 N–H and O–H groups in total. The van der Waals surface area contributed by atoms with Crippen LogP contribution in [0.3, 0.4) is 0 Å². The Kier molecular flexibility index (Phi) is 14.4. The maximum atomic E-state index is 8.08. The Morgan fingerprint density at radius 3 is 1.56 bits per heavy atom. The second-order valence-electron chi connectivity index (χ2n) is 9.25.